The summed E-state index contributed by atoms with van der Waals surface area (Å²) in [5.41, 5.74) is 7.62. The lowest BCUT2D eigenvalue weighted by Crippen LogP contribution is -2.51. The van der Waals surface area contributed by atoms with Gasteiger partial charge in [0.25, 0.3) is 0 Å². The summed E-state index contributed by atoms with van der Waals surface area (Å²) in [7, 11) is 1.69. The molecule has 2 aliphatic heterocycles. The van der Waals surface area contributed by atoms with Crippen LogP contribution < -0.4 is 15.4 Å². The van der Waals surface area contributed by atoms with Crippen molar-refractivity contribution in [3.63, 3.8) is 0 Å². The van der Waals surface area contributed by atoms with Crippen LogP contribution in [0.4, 0.5) is 5.13 Å². The Kier molecular flexibility index (Phi) is 9.17. The minimum Gasteiger partial charge on any atom is -0.497 e. The number of ether oxygens (including phenoxy) is 2. The van der Waals surface area contributed by atoms with Gasteiger partial charge in [0.15, 0.2) is 11.1 Å². The zero-order valence-corrected chi connectivity index (χ0v) is 21.0. The maximum atomic E-state index is 6.40. The first-order valence-electron chi connectivity index (χ1n) is 10.4. The molecule has 0 saturated carbocycles. The predicted molar refractivity (Wildman–Crippen MR) is 136 cm³/mol. The molecule has 0 aliphatic carbocycles. The Labute approximate surface area is 205 Å². The molecule has 31 heavy (non-hydrogen) atoms. The summed E-state index contributed by atoms with van der Waals surface area (Å²) in [6, 6.07) is 8.44. The maximum absolute atomic E-state index is 6.40. The second kappa shape index (κ2) is 11.8. The van der Waals surface area contributed by atoms with E-state index in [-0.39, 0.29) is 30.0 Å². The van der Waals surface area contributed by atoms with Gasteiger partial charge in [-0.25, -0.2) is 4.98 Å². The Balaban J connectivity index is 0.00000272. The van der Waals surface area contributed by atoms with E-state index in [1.165, 1.54) is 5.56 Å². The summed E-state index contributed by atoms with van der Waals surface area (Å²) in [5, 5.41) is 3.10. The molecule has 0 radical (unpaired) electrons. The molecule has 1 unspecified atom stereocenters. The largest absolute Gasteiger partial charge is 0.497 e. The SMILES string of the molecule is COc1ccc(C(CN=C(N)N2CCN(c3nccs3)CC2)N2CCOCC2)cc1.I. The monoisotopic (exact) mass is 558 g/mol. The number of aliphatic imine (C=N–C) groups is 1. The first kappa shape index (κ1) is 24.0. The molecule has 2 aromatic rings. The quantitative estimate of drug-likeness (QED) is 0.331. The average molecular weight is 558 g/mol. The molecule has 1 aromatic heterocycles. The number of morpholine rings is 1. The summed E-state index contributed by atoms with van der Waals surface area (Å²) in [4.78, 5) is 16.1. The van der Waals surface area contributed by atoms with Gasteiger partial charge in [0.1, 0.15) is 5.75 Å². The smallest absolute Gasteiger partial charge is 0.191 e. The van der Waals surface area contributed by atoms with Crippen molar-refractivity contribution in [2.45, 2.75) is 6.04 Å². The molecule has 4 rings (SSSR count). The van der Waals surface area contributed by atoms with Crippen LogP contribution in [0.5, 0.6) is 5.75 Å². The van der Waals surface area contributed by atoms with Crippen LogP contribution in [0, 0.1) is 0 Å². The van der Waals surface area contributed by atoms with Gasteiger partial charge in [-0.05, 0) is 17.7 Å². The Bertz CT molecular complexity index is 806. The molecule has 2 aliphatic rings. The maximum Gasteiger partial charge on any atom is 0.191 e. The lowest BCUT2D eigenvalue weighted by Gasteiger charge is -2.36. The molecule has 3 heterocycles. The molecule has 2 saturated heterocycles. The Hall–Kier alpha value is -1.63. The highest BCUT2D eigenvalue weighted by Gasteiger charge is 2.24. The van der Waals surface area contributed by atoms with E-state index in [1.54, 1.807) is 18.4 Å². The number of hydrogen-bond acceptors (Lipinski definition) is 7. The fraction of sp³-hybridized carbons (Fsp3) is 0.524. The van der Waals surface area contributed by atoms with Gasteiger partial charge in [-0.3, -0.25) is 9.89 Å². The molecule has 8 nitrogen and oxygen atoms in total. The third kappa shape index (κ3) is 6.21. The van der Waals surface area contributed by atoms with Gasteiger partial charge in [0.05, 0.1) is 32.9 Å². The molecule has 2 fully saturated rings. The number of hydrogen-bond donors (Lipinski definition) is 1. The number of thiazole rings is 1. The van der Waals surface area contributed by atoms with Crippen LogP contribution in [-0.4, -0.2) is 86.9 Å². The van der Waals surface area contributed by atoms with Crippen LogP contribution in [0.2, 0.25) is 0 Å². The zero-order chi connectivity index (χ0) is 20.8. The van der Waals surface area contributed by atoms with Crippen LogP contribution in [0.1, 0.15) is 11.6 Å². The molecule has 10 heteroatoms. The lowest BCUT2D eigenvalue weighted by molar-refractivity contribution is 0.0179. The van der Waals surface area contributed by atoms with E-state index in [9.17, 15) is 0 Å². The number of methoxy groups -OCH3 is 1. The molecular formula is C21H31IN6O2S. The third-order valence-electron chi connectivity index (χ3n) is 5.71. The molecule has 2 N–H and O–H groups in total. The normalized spacial score (nSPS) is 19.1. The highest BCUT2D eigenvalue weighted by Crippen LogP contribution is 2.25. The summed E-state index contributed by atoms with van der Waals surface area (Å²) < 4.78 is 10.9. The zero-order valence-electron chi connectivity index (χ0n) is 17.9. The van der Waals surface area contributed by atoms with Crippen LogP contribution in [0.3, 0.4) is 0 Å². The number of aromatic nitrogens is 1. The fourth-order valence-electron chi connectivity index (χ4n) is 3.93. The molecule has 0 bridgehead atoms. The van der Waals surface area contributed by atoms with Gasteiger partial charge in [-0.15, -0.1) is 35.3 Å². The van der Waals surface area contributed by atoms with Gasteiger partial charge in [0, 0.05) is 50.8 Å². The summed E-state index contributed by atoms with van der Waals surface area (Å²) in [6.45, 7) is 7.49. The number of anilines is 1. The number of nitrogens with zero attached hydrogens (tertiary/aromatic N) is 5. The molecular weight excluding hydrogens is 527 g/mol. The highest BCUT2D eigenvalue weighted by atomic mass is 127. The van der Waals surface area contributed by atoms with Crippen molar-refractivity contribution in [1.82, 2.24) is 14.8 Å². The van der Waals surface area contributed by atoms with Gasteiger partial charge < -0.3 is 25.0 Å². The van der Waals surface area contributed by atoms with Crippen molar-refractivity contribution in [2.75, 3.05) is 71.0 Å². The number of guanidine groups is 1. The fourth-order valence-corrected chi connectivity index (χ4v) is 4.62. The van der Waals surface area contributed by atoms with Gasteiger partial charge in [-0.1, -0.05) is 12.1 Å². The second-order valence-corrected chi connectivity index (χ2v) is 8.30. The minimum atomic E-state index is 0. The third-order valence-corrected chi connectivity index (χ3v) is 6.54. The average Bonchev–Trinajstić information content (AvgIpc) is 3.35. The van der Waals surface area contributed by atoms with Crippen LogP contribution >= 0.6 is 35.3 Å². The first-order chi connectivity index (χ1) is 14.7. The molecule has 1 aromatic carbocycles. The van der Waals surface area contributed by atoms with E-state index in [4.69, 9.17) is 20.2 Å². The summed E-state index contributed by atoms with van der Waals surface area (Å²) in [5.74, 6) is 1.49. The van der Waals surface area contributed by atoms with Crippen molar-refractivity contribution >= 4 is 46.4 Å². The van der Waals surface area contributed by atoms with Crippen molar-refractivity contribution in [3.05, 3.63) is 41.4 Å². The minimum absolute atomic E-state index is 0. The van der Waals surface area contributed by atoms with E-state index in [1.807, 2.05) is 23.7 Å². The van der Waals surface area contributed by atoms with Crippen molar-refractivity contribution in [1.29, 1.82) is 0 Å². The van der Waals surface area contributed by atoms with Crippen LogP contribution in [0.25, 0.3) is 0 Å². The Morgan fingerprint density at radius 3 is 2.48 bits per heavy atom. The van der Waals surface area contributed by atoms with Crippen molar-refractivity contribution in [3.8, 4) is 5.75 Å². The van der Waals surface area contributed by atoms with Gasteiger partial charge in [0.2, 0.25) is 0 Å². The predicted octanol–water partition coefficient (Wildman–Crippen LogP) is 2.28. The van der Waals surface area contributed by atoms with Crippen molar-refractivity contribution in [2.24, 2.45) is 10.7 Å². The summed E-state index contributed by atoms with van der Waals surface area (Å²) in [6.07, 6.45) is 1.85. The molecule has 1 atom stereocenters. The Morgan fingerprint density at radius 1 is 1.16 bits per heavy atom. The molecule has 0 amide bonds. The van der Waals surface area contributed by atoms with Crippen molar-refractivity contribution < 1.29 is 9.47 Å². The number of halogens is 1. The number of rotatable bonds is 6. The van der Waals surface area contributed by atoms with Gasteiger partial charge in [-0.2, -0.15) is 0 Å². The highest BCUT2D eigenvalue weighted by molar-refractivity contribution is 14.0. The number of nitrogens with two attached hydrogens (primary N) is 1. The number of piperazine rings is 1. The second-order valence-electron chi connectivity index (χ2n) is 7.42. The van der Waals surface area contributed by atoms with E-state index < -0.39 is 0 Å². The van der Waals surface area contributed by atoms with Crippen LogP contribution in [-0.2, 0) is 4.74 Å². The van der Waals surface area contributed by atoms with E-state index >= 15 is 0 Å². The van der Waals surface area contributed by atoms with Gasteiger partial charge >= 0.3 is 0 Å². The molecule has 170 valence electrons. The van der Waals surface area contributed by atoms with E-state index in [2.05, 4.69) is 31.8 Å². The van der Waals surface area contributed by atoms with Crippen LogP contribution in [0.15, 0.2) is 40.8 Å². The number of benzene rings is 1. The lowest BCUT2D eigenvalue weighted by atomic mass is 10.0. The summed E-state index contributed by atoms with van der Waals surface area (Å²) >= 11 is 1.68. The molecule has 0 spiro atoms. The standard InChI is InChI=1S/C21H30N6O2S.HI/c1-28-18-4-2-17(3-5-18)19(25-11-13-29-14-12-25)16-24-20(22)26-7-9-27(10-8-26)21-23-6-15-30-21;/h2-6,15,19H,7-14,16H2,1H3,(H2,22,24);1H. The topological polar surface area (TPSA) is 79.5 Å². The first-order valence-corrected chi connectivity index (χ1v) is 11.3. The van der Waals surface area contributed by atoms with E-state index in [0.29, 0.717) is 12.5 Å². The van der Waals surface area contributed by atoms with E-state index in [0.717, 1.165) is 63.4 Å². The Morgan fingerprint density at radius 2 is 1.87 bits per heavy atom.